The number of rotatable bonds is 7. The Bertz CT molecular complexity index is 1020. The zero-order valence-corrected chi connectivity index (χ0v) is 14.8. The predicted octanol–water partition coefficient (Wildman–Crippen LogP) is 4.27. The molecule has 4 aromatic rings. The van der Waals surface area contributed by atoms with Gasteiger partial charge >= 0.3 is 5.97 Å². The first-order valence-corrected chi connectivity index (χ1v) is 8.58. The highest BCUT2D eigenvalue weighted by molar-refractivity contribution is 5.89. The molecule has 0 spiro atoms. The van der Waals surface area contributed by atoms with Crippen LogP contribution in [0.2, 0.25) is 0 Å². The molecule has 0 atom stereocenters. The number of para-hydroxylation sites is 1. The number of benzene rings is 2. The van der Waals surface area contributed by atoms with Gasteiger partial charge in [0.25, 0.3) is 11.8 Å². The molecule has 4 rings (SSSR count). The number of carbonyl (C=O) groups excluding carboxylic acids is 1. The average molecular weight is 376 g/mol. The maximum absolute atomic E-state index is 12.2. The molecule has 28 heavy (non-hydrogen) atoms. The molecule has 0 amide bonds. The second kappa shape index (κ2) is 8.22. The number of carbonyl (C=O) groups is 1. The van der Waals surface area contributed by atoms with Crippen LogP contribution in [0.3, 0.4) is 0 Å². The van der Waals surface area contributed by atoms with E-state index in [9.17, 15) is 4.79 Å². The lowest BCUT2D eigenvalue weighted by atomic mass is 10.1. The minimum Gasteiger partial charge on any atom is -0.489 e. The zero-order valence-electron chi connectivity index (χ0n) is 14.8. The van der Waals surface area contributed by atoms with E-state index in [1.54, 1.807) is 24.3 Å². The molecule has 0 aliphatic carbocycles. The van der Waals surface area contributed by atoms with Gasteiger partial charge in [0.2, 0.25) is 0 Å². The highest BCUT2D eigenvalue weighted by Gasteiger charge is 2.13. The van der Waals surface area contributed by atoms with Gasteiger partial charge in [-0.25, -0.2) is 4.79 Å². The Morgan fingerprint density at radius 2 is 1.71 bits per heavy atom. The Labute approximate surface area is 160 Å². The Hall–Kier alpha value is -3.87. The molecule has 0 saturated heterocycles. The van der Waals surface area contributed by atoms with Gasteiger partial charge in [0.05, 0.1) is 11.8 Å². The lowest BCUT2D eigenvalue weighted by Crippen LogP contribution is -2.06. The number of furan rings is 1. The molecule has 0 unspecified atom stereocenters. The van der Waals surface area contributed by atoms with Crippen LogP contribution in [0, 0.1) is 0 Å². The van der Waals surface area contributed by atoms with Gasteiger partial charge in [-0.1, -0.05) is 30.3 Å². The molecule has 0 saturated carbocycles. The van der Waals surface area contributed by atoms with E-state index in [2.05, 4.69) is 10.2 Å². The van der Waals surface area contributed by atoms with Crippen molar-refractivity contribution in [3.63, 3.8) is 0 Å². The van der Waals surface area contributed by atoms with Gasteiger partial charge in [0.15, 0.2) is 12.4 Å². The van der Waals surface area contributed by atoms with Crippen LogP contribution in [-0.4, -0.2) is 16.2 Å². The SMILES string of the molecule is O=C(OCc1nnc(-c2ccco2)o1)c1ccc(COc2ccccc2)cc1. The van der Waals surface area contributed by atoms with Crippen LogP contribution in [0.15, 0.2) is 81.8 Å². The summed E-state index contributed by atoms with van der Waals surface area (Å²) in [5, 5.41) is 7.69. The molecule has 140 valence electrons. The summed E-state index contributed by atoms with van der Waals surface area (Å²) in [6, 6.07) is 20.0. The van der Waals surface area contributed by atoms with E-state index in [0.29, 0.717) is 17.9 Å². The average Bonchev–Trinajstić information content (AvgIpc) is 3.43. The molecule has 7 heteroatoms. The topological polar surface area (TPSA) is 87.6 Å². The van der Waals surface area contributed by atoms with Crippen molar-refractivity contribution in [1.82, 2.24) is 10.2 Å². The molecule has 0 aliphatic heterocycles. The Balaban J connectivity index is 1.30. The predicted molar refractivity (Wildman–Crippen MR) is 98.3 cm³/mol. The second-order valence-electron chi connectivity index (χ2n) is 5.85. The van der Waals surface area contributed by atoms with E-state index in [4.69, 9.17) is 18.3 Å². The van der Waals surface area contributed by atoms with Crippen molar-refractivity contribution in [1.29, 1.82) is 0 Å². The Kier molecular flexibility index (Phi) is 5.15. The standard InChI is InChI=1S/C21H16N2O5/c24-21(27-14-19-22-23-20(28-19)18-7-4-12-25-18)16-10-8-15(9-11-16)13-26-17-5-2-1-3-6-17/h1-12H,13-14H2. The van der Waals surface area contributed by atoms with Gasteiger partial charge in [0.1, 0.15) is 12.4 Å². The van der Waals surface area contributed by atoms with Crippen molar-refractivity contribution in [3.8, 4) is 17.4 Å². The van der Waals surface area contributed by atoms with Gasteiger partial charge in [-0.2, -0.15) is 0 Å². The molecular formula is C21H16N2O5. The first kappa shape index (κ1) is 17.5. The van der Waals surface area contributed by atoms with Gasteiger partial charge in [-0.05, 0) is 42.0 Å². The zero-order chi connectivity index (χ0) is 19.2. The van der Waals surface area contributed by atoms with E-state index in [0.717, 1.165) is 11.3 Å². The second-order valence-corrected chi connectivity index (χ2v) is 5.85. The highest BCUT2D eigenvalue weighted by atomic mass is 16.5. The number of hydrogen-bond donors (Lipinski definition) is 0. The van der Waals surface area contributed by atoms with Crippen LogP contribution in [0.4, 0.5) is 0 Å². The summed E-state index contributed by atoms with van der Waals surface area (Å²) in [7, 11) is 0. The van der Waals surface area contributed by atoms with Crippen LogP contribution in [0.25, 0.3) is 11.7 Å². The number of ether oxygens (including phenoxy) is 2. The number of nitrogens with zero attached hydrogens (tertiary/aromatic N) is 2. The molecular weight excluding hydrogens is 360 g/mol. The fourth-order valence-corrected chi connectivity index (χ4v) is 2.44. The van der Waals surface area contributed by atoms with E-state index >= 15 is 0 Å². The normalized spacial score (nSPS) is 10.6. The van der Waals surface area contributed by atoms with Crippen LogP contribution in [-0.2, 0) is 18.0 Å². The summed E-state index contributed by atoms with van der Waals surface area (Å²) in [6.45, 7) is 0.294. The monoisotopic (exact) mass is 376 g/mol. The molecule has 0 radical (unpaired) electrons. The van der Waals surface area contributed by atoms with Crippen LogP contribution >= 0.6 is 0 Å². The maximum atomic E-state index is 12.2. The molecule has 2 aromatic heterocycles. The summed E-state index contributed by atoms with van der Waals surface area (Å²) in [4.78, 5) is 12.2. The fourth-order valence-electron chi connectivity index (χ4n) is 2.44. The molecule has 2 aromatic carbocycles. The van der Waals surface area contributed by atoms with Crippen molar-refractivity contribution in [2.45, 2.75) is 13.2 Å². The number of esters is 1. The van der Waals surface area contributed by atoms with Gasteiger partial charge in [-0.3, -0.25) is 0 Å². The minimum absolute atomic E-state index is 0.120. The molecule has 0 N–H and O–H groups in total. The molecule has 7 nitrogen and oxygen atoms in total. The third-order valence-corrected chi connectivity index (χ3v) is 3.86. The molecule has 2 heterocycles. The fraction of sp³-hybridized carbons (Fsp3) is 0.0952. The van der Waals surface area contributed by atoms with Gasteiger partial charge < -0.3 is 18.3 Å². The van der Waals surface area contributed by atoms with Crippen LogP contribution < -0.4 is 4.74 Å². The quantitative estimate of drug-likeness (QED) is 0.445. The summed E-state index contributed by atoms with van der Waals surface area (Å²) in [5.74, 6) is 1.19. The molecule has 0 bridgehead atoms. The third kappa shape index (κ3) is 4.27. The van der Waals surface area contributed by atoms with Crippen molar-refractivity contribution in [2.24, 2.45) is 0 Å². The van der Waals surface area contributed by atoms with E-state index in [1.165, 1.54) is 6.26 Å². The lowest BCUT2D eigenvalue weighted by Gasteiger charge is -2.07. The van der Waals surface area contributed by atoms with Crippen molar-refractivity contribution in [3.05, 3.63) is 90.0 Å². The summed E-state index contributed by atoms with van der Waals surface area (Å²) >= 11 is 0. The largest absolute Gasteiger partial charge is 0.489 e. The number of hydrogen-bond acceptors (Lipinski definition) is 7. The summed E-state index contributed by atoms with van der Waals surface area (Å²) in [5.41, 5.74) is 1.37. The first-order valence-electron chi connectivity index (χ1n) is 8.58. The Morgan fingerprint density at radius 3 is 2.46 bits per heavy atom. The number of aromatic nitrogens is 2. The van der Waals surface area contributed by atoms with E-state index < -0.39 is 5.97 Å². The lowest BCUT2D eigenvalue weighted by molar-refractivity contribution is 0.0438. The van der Waals surface area contributed by atoms with Gasteiger partial charge in [0, 0.05) is 0 Å². The maximum Gasteiger partial charge on any atom is 0.338 e. The molecule has 0 aliphatic rings. The van der Waals surface area contributed by atoms with Crippen LogP contribution in [0.1, 0.15) is 21.8 Å². The molecule has 0 fully saturated rings. The smallest absolute Gasteiger partial charge is 0.338 e. The van der Waals surface area contributed by atoms with E-state index in [1.807, 2.05) is 42.5 Å². The summed E-state index contributed by atoms with van der Waals surface area (Å²) in [6.07, 6.45) is 1.51. The highest BCUT2D eigenvalue weighted by Crippen LogP contribution is 2.18. The van der Waals surface area contributed by atoms with Crippen molar-refractivity contribution >= 4 is 5.97 Å². The third-order valence-electron chi connectivity index (χ3n) is 3.86. The van der Waals surface area contributed by atoms with Gasteiger partial charge in [-0.15, -0.1) is 10.2 Å². The van der Waals surface area contributed by atoms with Crippen molar-refractivity contribution < 1.29 is 23.1 Å². The minimum atomic E-state index is -0.478. The first-order chi connectivity index (χ1) is 13.8. The van der Waals surface area contributed by atoms with E-state index in [-0.39, 0.29) is 18.4 Å². The summed E-state index contributed by atoms with van der Waals surface area (Å²) < 4.78 is 21.5. The van der Waals surface area contributed by atoms with Crippen LogP contribution in [0.5, 0.6) is 5.75 Å². The Morgan fingerprint density at radius 1 is 0.893 bits per heavy atom. The van der Waals surface area contributed by atoms with Crippen molar-refractivity contribution in [2.75, 3.05) is 0 Å².